The summed E-state index contributed by atoms with van der Waals surface area (Å²) in [6.45, 7) is 1.85. The first-order chi connectivity index (χ1) is 9.59. The van der Waals surface area contributed by atoms with E-state index >= 15 is 0 Å². The number of nitrogens with two attached hydrogens (primary N) is 1. The molecular formula is C14H17N5O. The Labute approximate surface area is 117 Å². The number of anilines is 1. The first-order valence-corrected chi connectivity index (χ1v) is 6.76. The van der Waals surface area contributed by atoms with Crippen LogP contribution in [0.1, 0.15) is 43.4 Å². The molecule has 2 aromatic rings. The Morgan fingerprint density at radius 2 is 2.20 bits per heavy atom. The van der Waals surface area contributed by atoms with Gasteiger partial charge in [0.15, 0.2) is 0 Å². The van der Waals surface area contributed by atoms with Crippen molar-refractivity contribution in [1.29, 1.82) is 0 Å². The van der Waals surface area contributed by atoms with Gasteiger partial charge in [-0.3, -0.25) is 0 Å². The van der Waals surface area contributed by atoms with Crippen LogP contribution < -0.4 is 5.73 Å². The van der Waals surface area contributed by atoms with E-state index < -0.39 is 5.60 Å². The highest BCUT2D eigenvalue weighted by Gasteiger charge is 2.29. The van der Waals surface area contributed by atoms with Crippen LogP contribution in [0.3, 0.4) is 0 Å². The molecule has 20 heavy (non-hydrogen) atoms. The summed E-state index contributed by atoms with van der Waals surface area (Å²) in [5, 5.41) is 14.3. The number of aryl methyl sites for hydroxylation is 1. The minimum atomic E-state index is -0.625. The molecule has 0 spiro atoms. The lowest BCUT2D eigenvalue weighted by Crippen LogP contribution is -2.22. The van der Waals surface area contributed by atoms with Crippen molar-refractivity contribution in [3.05, 3.63) is 17.6 Å². The molecule has 1 saturated carbocycles. The van der Waals surface area contributed by atoms with E-state index in [-0.39, 0.29) is 0 Å². The van der Waals surface area contributed by atoms with Crippen LogP contribution in [0.25, 0.3) is 5.78 Å². The number of nitrogen functional groups attached to an aromatic ring is 1. The fourth-order valence-corrected chi connectivity index (χ4v) is 2.64. The molecule has 0 atom stereocenters. The quantitative estimate of drug-likeness (QED) is 0.757. The van der Waals surface area contributed by atoms with E-state index in [4.69, 9.17) is 5.73 Å². The van der Waals surface area contributed by atoms with Gasteiger partial charge in [-0.2, -0.15) is 14.6 Å². The molecule has 0 aromatic carbocycles. The standard InChI is InChI=1S/C14H17N5O/c1-10-11(5-4-8-14(20)6-2-3-7-14)12(15)19-13(18-10)16-9-17-19/h9,20H,2-3,6-8,15H2,1H3. The van der Waals surface area contributed by atoms with E-state index in [2.05, 4.69) is 26.9 Å². The zero-order valence-corrected chi connectivity index (χ0v) is 11.4. The van der Waals surface area contributed by atoms with Crippen molar-refractivity contribution in [2.24, 2.45) is 0 Å². The van der Waals surface area contributed by atoms with Gasteiger partial charge >= 0.3 is 0 Å². The number of fused-ring (bicyclic) bond motifs is 1. The summed E-state index contributed by atoms with van der Waals surface area (Å²) in [7, 11) is 0. The van der Waals surface area contributed by atoms with E-state index in [0.29, 0.717) is 23.6 Å². The number of aliphatic hydroxyl groups is 1. The maximum absolute atomic E-state index is 10.3. The van der Waals surface area contributed by atoms with Gasteiger partial charge in [-0.25, -0.2) is 4.98 Å². The Bertz CT molecular complexity index is 703. The molecular weight excluding hydrogens is 254 g/mol. The Hall–Kier alpha value is -2.13. The Morgan fingerprint density at radius 3 is 2.95 bits per heavy atom. The lowest BCUT2D eigenvalue weighted by Gasteiger charge is -2.17. The topological polar surface area (TPSA) is 89.3 Å². The Kier molecular flexibility index (Phi) is 3.07. The van der Waals surface area contributed by atoms with Gasteiger partial charge in [-0.1, -0.05) is 24.7 Å². The van der Waals surface area contributed by atoms with Crippen molar-refractivity contribution in [2.45, 2.75) is 44.6 Å². The number of aromatic nitrogens is 4. The Morgan fingerprint density at radius 1 is 1.45 bits per heavy atom. The molecule has 2 heterocycles. The first-order valence-electron chi connectivity index (χ1n) is 6.76. The van der Waals surface area contributed by atoms with E-state index in [0.717, 1.165) is 31.4 Å². The summed E-state index contributed by atoms with van der Waals surface area (Å²) in [5.41, 5.74) is 6.81. The monoisotopic (exact) mass is 271 g/mol. The molecule has 1 aliphatic carbocycles. The zero-order valence-electron chi connectivity index (χ0n) is 11.4. The molecule has 0 bridgehead atoms. The average Bonchev–Trinajstić information content (AvgIpc) is 3.03. The van der Waals surface area contributed by atoms with Crippen molar-refractivity contribution >= 4 is 11.6 Å². The molecule has 0 radical (unpaired) electrons. The minimum Gasteiger partial charge on any atom is -0.389 e. The summed E-state index contributed by atoms with van der Waals surface area (Å²) in [6, 6.07) is 0. The third-order valence-corrected chi connectivity index (χ3v) is 3.81. The maximum atomic E-state index is 10.3. The number of nitrogens with zero attached hydrogens (tertiary/aromatic N) is 4. The molecule has 0 amide bonds. The van der Waals surface area contributed by atoms with E-state index in [1.807, 2.05) is 6.92 Å². The number of rotatable bonds is 1. The molecule has 0 aliphatic heterocycles. The molecule has 0 saturated heterocycles. The highest BCUT2D eigenvalue weighted by atomic mass is 16.3. The largest absolute Gasteiger partial charge is 0.389 e. The van der Waals surface area contributed by atoms with Crippen molar-refractivity contribution in [3.8, 4) is 11.8 Å². The van der Waals surface area contributed by atoms with Crippen LogP contribution >= 0.6 is 0 Å². The summed E-state index contributed by atoms with van der Waals surface area (Å²) >= 11 is 0. The second kappa shape index (κ2) is 4.76. The average molecular weight is 271 g/mol. The van der Waals surface area contributed by atoms with E-state index in [1.165, 1.54) is 10.8 Å². The minimum absolute atomic E-state index is 0.441. The van der Waals surface area contributed by atoms with Crippen molar-refractivity contribution in [3.63, 3.8) is 0 Å². The smallest absolute Gasteiger partial charge is 0.254 e. The molecule has 3 N–H and O–H groups in total. The van der Waals surface area contributed by atoms with Gasteiger partial charge in [0, 0.05) is 6.42 Å². The molecule has 0 unspecified atom stereocenters. The van der Waals surface area contributed by atoms with Gasteiger partial charge < -0.3 is 10.8 Å². The molecule has 1 fully saturated rings. The molecule has 1 aliphatic rings. The van der Waals surface area contributed by atoms with Crippen molar-refractivity contribution in [2.75, 3.05) is 5.73 Å². The fraction of sp³-hybridized carbons (Fsp3) is 0.500. The van der Waals surface area contributed by atoms with Gasteiger partial charge in [0.05, 0.1) is 16.9 Å². The molecule has 2 aromatic heterocycles. The third-order valence-electron chi connectivity index (χ3n) is 3.81. The van der Waals surface area contributed by atoms with Crippen LogP contribution in [0.2, 0.25) is 0 Å². The summed E-state index contributed by atoms with van der Waals surface area (Å²) < 4.78 is 1.47. The van der Waals surface area contributed by atoms with Crippen LogP contribution in [0.5, 0.6) is 0 Å². The number of hydrogen-bond donors (Lipinski definition) is 2. The van der Waals surface area contributed by atoms with Crippen LogP contribution in [-0.2, 0) is 0 Å². The first kappa shape index (κ1) is 12.9. The second-order valence-electron chi connectivity index (χ2n) is 5.34. The fourth-order valence-electron chi connectivity index (χ4n) is 2.64. The van der Waals surface area contributed by atoms with Crippen molar-refractivity contribution in [1.82, 2.24) is 19.6 Å². The van der Waals surface area contributed by atoms with Crippen molar-refractivity contribution < 1.29 is 5.11 Å². The van der Waals surface area contributed by atoms with Crippen LogP contribution in [0.4, 0.5) is 5.82 Å². The summed E-state index contributed by atoms with van der Waals surface area (Å²) in [6.07, 6.45) is 5.70. The molecule has 104 valence electrons. The summed E-state index contributed by atoms with van der Waals surface area (Å²) in [5.74, 6) is 6.98. The predicted octanol–water partition coefficient (Wildman–Crippen LogP) is 1.06. The second-order valence-corrected chi connectivity index (χ2v) is 5.34. The molecule has 3 rings (SSSR count). The highest BCUT2D eigenvalue weighted by Crippen LogP contribution is 2.31. The van der Waals surface area contributed by atoms with E-state index in [9.17, 15) is 5.11 Å². The Balaban J connectivity index is 1.91. The van der Waals surface area contributed by atoms with Gasteiger partial charge in [-0.05, 0) is 19.8 Å². The molecule has 6 heteroatoms. The normalized spacial score (nSPS) is 17.1. The lowest BCUT2D eigenvalue weighted by molar-refractivity contribution is 0.0532. The van der Waals surface area contributed by atoms with Gasteiger partial charge in [0.1, 0.15) is 12.1 Å². The lowest BCUT2D eigenvalue weighted by atomic mass is 9.98. The van der Waals surface area contributed by atoms with E-state index in [1.54, 1.807) is 0 Å². The third kappa shape index (κ3) is 2.21. The highest BCUT2D eigenvalue weighted by molar-refractivity contribution is 5.57. The van der Waals surface area contributed by atoms with Gasteiger partial charge in [-0.15, -0.1) is 0 Å². The van der Waals surface area contributed by atoms with Crippen LogP contribution in [0, 0.1) is 18.8 Å². The SMILES string of the molecule is Cc1nc2ncnn2c(N)c1C#CCC1(O)CCCC1. The van der Waals surface area contributed by atoms with Gasteiger partial charge in [0.25, 0.3) is 5.78 Å². The van der Waals surface area contributed by atoms with Gasteiger partial charge in [0.2, 0.25) is 0 Å². The maximum Gasteiger partial charge on any atom is 0.254 e. The number of hydrogen-bond acceptors (Lipinski definition) is 5. The zero-order chi connectivity index (χ0) is 14.2. The van der Waals surface area contributed by atoms with Crippen LogP contribution in [0.15, 0.2) is 6.33 Å². The van der Waals surface area contributed by atoms with Crippen LogP contribution in [-0.4, -0.2) is 30.3 Å². The predicted molar refractivity (Wildman–Crippen MR) is 74.8 cm³/mol. The molecule has 6 nitrogen and oxygen atoms in total. The summed E-state index contributed by atoms with van der Waals surface area (Å²) in [4.78, 5) is 8.32.